The van der Waals surface area contributed by atoms with Gasteiger partial charge in [0.05, 0.1) is 7.11 Å². The summed E-state index contributed by atoms with van der Waals surface area (Å²) in [5.74, 6) is 2.64. The Balaban J connectivity index is 1.84. The van der Waals surface area contributed by atoms with E-state index in [-0.39, 0.29) is 5.97 Å². The average Bonchev–Trinajstić information content (AvgIpc) is 3.34. The molecule has 0 aromatic rings. The van der Waals surface area contributed by atoms with E-state index in [4.69, 9.17) is 6.42 Å². The summed E-state index contributed by atoms with van der Waals surface area (Å²) >= 11 is 0. The molecule has 1 aliphatic rings. The van der Waals surface area contributed by atoms with Crippen molar-refractivity contribution in [2.24, 2.45) is 5.41 Å². The lowest BCUT2D eigenvalue weighted by atomic mass is 9.93. The van der Waals surface area contributed by atoms with E-state index in [1.807, 2.05) is 0 Å². The van der Waals surface area contributed by atoms with Crippen LogP contribution in [-0.2, 0) is 9.53 Å². The number of hydrogen-bond donors (Lipinski definition) is 0. The van der Waals surface area contributed by atoms with Crippen molar-refractivity contribution in [2.75, 3.05) is 7.11 Å². The van der Waals surface area contributed by atoms with E-state index < -0.39 is 0 Å². The van der Waals surface area contributed by atoms with Gasteiger partial charge in [-0.2, -0.15) is 0 Å². The first kappa shape index (κ1) is 19.6. The summed E-state index contributed by atoms with van der Waals surface area (Å²) in [6.45, 7) is 0. The maximum atomic E-state index is 10.9. The van der Waals surface area contributed by atoms with E-state index in [1.54, 1.807) is 0 Å². The maximum Gasteiger partial charge on any atom is 0.305 e. The molecule has 23 heavy (non-hydrogen) atoms. The van der Waals surface area contributed by atoms with Gasteiger partial charge in [-0.25, -0.2) is 0 Å². The molecule has 0 radical (unpaired) electrons. The van der Waals surface area contributed by atoms with E-state index >= 15 is 0 Å². The van der Waals surface area contributed by atoms with Crippen LogP contribution in [-0.4, -0.2) is 13.1 Å². The molecule has 0 N–H and O–H groups in total. The molecule has 1 aliphatic carbocycles. The zero-order chi connectivity index (χ0) is 16.8. The number of esters is 1. The molecule has 2 heteroatoms. The van der Waals surface area contributed by atoms with Crippen molar-refractivity contribution >= 4 is 5.97 Å². The first-order valence-electron chi connectivity index (χ1n) is 9.08. The summed E-state index contributed by atoms with van der Waals surface area (Å²) in [4.78, 5) is 10.9. The third-order valence-corrected chi connectivity index (χ3v) is 4.52. The van der Waals surface area contributed by atoms with Crippen molar-refractivity contribution in [3.8, 4) is 12.3 Å². The summed E-state index contributed by atoms with van der Waals surface area (Å²) in [6, 6.07) is 0. The molecule has 2 nitrogen and oxygen atoms in total. The monoisotopic (exact) mass is 316 g/mol. The average molecular weight is 316 g/mol. The molecule has 0 saturated carbocycles. The van der Waals surface area contributed by atoms with Crippen LogP contribution in [0.15, 0.2) is 24.3 Å². The number of hydrogen-bond acceptors (Lipinski definition) is 2. The lowest BCUT2D eigenvalue weighted by Crippen LogP contribution is -1.99. The van der Waals surface area contributed by atoms with Gasteiger partial charge in [-0.05, 0) is 32.1 Å². The van der Waals surface area contributed by atoms with Gasteiger partial charge in [0.25, 0.3) is 0 Å². The fourth-order valence-corrected chi connectivity index (χ4v) is 2.77. The highest BCUT2D eigenvalue weighted by Crippen LogP contribution is 2.43. The number of unbranched alkanes of at least 4 members (excludes halogenated alkanes) is 7. The van der Waals surface area contributed by atoms with Gasteiger partial charge in [0.1, 0.15) is 0 Å². The number of rotatable bonds is 14. The molecule has 0 saturated heterocycles. The maximum absolute atomic E-state index is 10.9. The van der Waals surface area contributed by atoms with Gasteiger partial charge in [-0.15, -0.1) is 12.3 Å². The van der Waals surface area contributed by atoms with Gasteiger partial charge in [-0.3, -0.25) is 4.79 Å². The van der Waals surface area contributed by atoms with Crippen LogP contribution < -0.4 is 0 Å². The minimum absolute atomic E-state index is 0.0840. The number of carbonyl (C=O) groups is 1. The van der Waals surface area contributed by atoms with E-state index in [9.17, 15) is 4.79 Å². The second-order valence-electron chi connectivity index (χ2n) is 6.54. The van der Waals surface area contributed by atoms with Crippen LogP contribution in [0.5, 0.6) is 0 Å². The Morgan fingerprint density at radius 3 is 2.35 bits per heavy atom. The normalized spacial score (nSPS) is 14.8. The van der Waals surface area contributed by atoms with Crippen LogP contribution in [0.2, 0.25) is 0 Å². The highest BCUT2D eigenvalue weighted by Gasteiger charge is 2.31. The van der Waals surface area contributed by atoms with Crippen LogP contribution >= 0.6 is 0 Å². The molecular weight excluding hydrogens is 284 g/mol. The molecule has 1 rings (SSSR count). The number of carbonyl (C=O) groups excluding carboxylic acids is 1. The van der Waals surface area contributed by atoms with Crippen LogP contribution in [0.4, 0.5) is 0 Å². The van der Waals surface area contributed by atoms with Crippen LogP contribution in [0.3, 0.4) is 0 Å². The molecule has 0 amide bonds. The topological polar surface area (TPSA) is 26.3 Å². The fraction of sp³-hybridized carbons (Fsp3) is 0.667. The van der Waals surface area contributed by atoms with Crippen molar-refractivity contribution in [1.29, 1.82) is 0 Å². The second-order valence-corrected chi connectivity index (χ2v) is 6.54. The summed E-state index contributed by atoms with van der Waals surface area (Å²) < 4.78 is 4.63. The standard InChI is InChI=1S/C21H32O2/c1-3-4-16-21(18-19-21)17-14-12-10-8-6-5-7-9-11-13-15-20(22)23-2/h1,12,14,18-19H,4-11,13,15-17H2,2H3/b14-12+. The van der Waals surface area contributed by atoms with E-state index in [0.717, 1.165) is 32.1 Å². The number of ether oxygens (including phenoxy) is 1. The summed E-state index contributed by atoms with van der Waals surface area (Å²) in [5, 5.41) is 0. The highest BCUT2D eigenvalue weighted by atomic mass is 16.5. The molecule has 128 valence electrons. The third-order valence-electron chi connectivity index (χ3n) is 4.52. The first-order chi connectivity index (χ1) is 11.2. The first-order valence-corrected chi connectivity index (χ1v) is 9.08. The number of methoxy groups -OCH3 is 1. The Morgan fingerprint density at radius 2 is 1.74 bits per heavy atom. The zero-order valence-electron chi connectivity index (χ0n) is 14.7. The lowest BCUT2D eigenvalue weighted by Gasteiger charge is -2.10. The van der Waals surface area contributed by atoms with Gasteiger partial charge in [0.15, 0.2) is 0 Å². The summed E-state index contributed by atoms with van der Waals surface area (Å²) in [7, 11) is 1.45. The molecule has 0 bridgehead atoms. The lowest BCUT2D eigenvalue weighted by molar-refractivity contribution is -0.140. The van der Waals surface area contributed by atoms with Crippen molar-refractivity contribution < 1.29 is 9.53 Å². The van der Waals surface area contributed by atoms with E-state index in [0.29, 0.717) is 11.8 Å². The number of terminal acetylenes is 1. The summed E-state index contributed by atoms with van der Waals surface area (Å²) in [6.07, 6.45) is 27.9. The van der Waals surface area contributed by atoms with Crippen molar-refractivity contribution in [1.82, 2.24) is 0 Å². The molecule has 0 unspecified atom stereocenters. The smallest absolute Gasteiger partial charge is 0.305 e. The predicted octanol–water partition coefficient (Wildman–Crippen LogP) is 5.59. The quantitative estimate of drug-likeness (QED) is 0.181. The van der Waals surface area contributed by atoms with Crippen LogP contribution in [0, 0.1) is 17.8 Å². The predicted molar refractivity (Wildman–Crippen MR) is 97.0 cm³/mol. The van der Waals surface area contributed by atoms with Crippen molar-refractivity contribution in [3.05, 3.63) is 24.3 Å². The Labute approximate surface area is 142 Å². The number of allylic oxidation sites excluding steroid dienone is 4. The molecule has 0 aliphatic heterocycles. The SMILES string of the molecule is C#CCCC1(C/C=C/CCCCCCCCCC(=O)OC)C=C1. The highest BCUT2D eigenvalue weighted by molar-refractivity contribution is 5.68. The fourth-order valence-electron chi connectivity index (χ4n) is 2.77. The zero-order valence-corrected chi connectivity index (χ0v) is 14.7. The van der Waals surface area contributed by atoms with E-state index in [1.165, 1.54) is 45.6 Å². The molecule has 0 fully saturated rings. The van der Waals surface area contributed by atoms with Gasteiger partial charge in [0, 0.05) is 18.3 Å². The second kappa shape index (κ2) is 12.0. The largest absolute Gasteiger partial charge is 0.469 e. The minimum Gasteiger partial charge on any atom is -0.469 e. The van der Waals surface area contributed by atoms with Gasteiger partial charge in [0.2, 0.25) is 0 Å². The Bertz CT molecular complexity index is 420. The molecule has 0 heterocycles. The third kappa shape index (κ3) is 10.00. The molecule has 0 aromatic heterocycles. The minimum atomic E-state index is -0.0840. The van der Waals surface area contributed by atoms with Crippen molar-refractivity contribution in [2.45, 2.75) is 77.0 Å². The van der Waals surface area contributed by atoms with E-state index in [2.05, 4.69) is 35.0 Å². The van der Waals surface area contributed by atoms with Gasteiger partial charge < -0.3 is 4.74 Å². The molecule has 0 atom stereocenters. The Morgan fingerprint density at radius 1 is 1.09 bits per heavy atom. The molecule has 0 spiro atoms. The molecular formula is C21H32O2. The molecule has 0 aromatic carbocycles. The van der Waals surface area contributed by atoms with Gasteiger partial charge >= 0.3 is 5.97 Å². The van der Waals surface area contributed by atoms with Gasteiger partial charge in [-0.1, -0.05) is 56.4 Å². The summed E-state index contributed by atoms with van der Waals surface area (Å²) in [5.41, 5.74) is 0.326. The van der Waals surface area contributed by atoms with Crippen LogP contribution in [0.25, 0.3) is 0 Å². The Kier molecular flexibility index (Phi) is 10.2. The van der Waals surface area contributed by atoms with Crippen LogP contribution in [0.1, 0.15) is 77.0 Å². The van der Waals surface area contributed by atoms with Crippen molar-refractivity contribution in [3.63, 3.8) is 0 Å². The Hall–Kier alpha value is -1.49.